The van der Waals surface area contributed by atoms with Crippen LogP contribution in [0.25, 0.3) is 0 Å². The summed E-state index contributed by atoms with van der Waals surface area (Å²) >= 11 is 0. The van der Waals surface area contributed by atoms with Crippen molar-refractivity contribution >= 4 is 11.6 Å². The maximum atomic E-state index is 13.2. The summed E-state index contributed by atoms with van der Waals surface area (Å²) in [6.07, 6.45) is 2.06. The summed E-state index contributed by atoms with van der Waals surface area (Å²) in [5.74, 6) is 0.0794. The lowest BCUT2D eigenvalue weighted by atomic mass is 9.98. The minimum Gasteiger partial charge on any atom is -0.376 e. The van der Waals surface area contributed by atoms with Crippen LogP contribution >= 0.6 is 0 Å². The molecule has 25 heavy (non-hydrogen) atoms. The molecular formula is C21H24N2O2. The Morgan fingerprint density at radius 2 is 2.04 bits per heavy atom. The first-order valence-electron chi connectivity index (χ1n) is 8.99. The van der Waals surface area contributed by atoms with Crippen LogP contribution in [0.4, 0.5) is 5.69 Å². The second kappa shape index (κ2) is 6.52. The number of nitrogens with one attached hydrogen (secondary N) is 1. The highest BCUT2D eigenvalue weighted by molar-refractivity contribution is 6.01. The van der Waals surface area contributed by atoms with Gasteiger partial charge in [0.2, 0.25) is 0 Å². The maximum Gasteiger partial charge on any atom is 0.257 e. The van der Waals surface area contributed by atoms with Crippen molar-refractivity contribution in [2.24, 2.45) is 0 Å². The molecule has 2 aliphatic rings. The van der Waals surface area contributed by atoms with Gasteiger partial charge < -0.3 is 15.0 Å². The number of fused-ring (bicyclic) bond motifs is 1. The molecule has 0 saturated carbocycles. The molecule has 4 nitrogen and oxygen atoms in total. The van der Waals surface area contributed by atoms with Crippen LogP contribution in [0.2, 0.25) is 0 Å². The molecular weight excluding hydrogens is 312 g/mol. The van der Waals surface area contributed by atoms with E-state index in [4.69, 9.17) is 4.74 Å². The topological polar surface area (TPSA) is 41.6 Å². The van der Waals surface area contributed by atoms with E-state index in [1.165, 1.54) is 11.1 Å². The number of hydrogen-bond acceptors (Lipinski definition) is 3. The van der Waals surface area contributed by atoms with Crippen molar-refractivity contribution in [2.45, 2.75) is 39.0 Å². The number of ether oxygens (including phenoxy) is 1. The van der Waals surface area contributed by atoms with E-state index in [2.05, 4.69) is 37.4 Å². The highest BCUT2D eigenvalue weighted by Crippen LogP contribution is 2.35. The summed E-state index contributed by atoms with van der Waals surface area (Å²) in [7, 11) is 0. The van der Waals surface area contributed by atoms with Crippen LogP contribution < -0.4 is 5.32 Å². The lowest BCUT2D eigenvalue weighted by Gasteiger charge is -2.40. The number of rotatable bonds is 3. The third-order valence-electron chi connectivity index (χ3n) is 5.18. The van der Waals surface area contributed by atoms with Crippen LogP contribution in [0.5, 0.6) is 0 Å². The molecule has 0 unspecified atom stereocenters. The minimum absolute atomic E-state index is 0.0794. The maximum absolute atomic E-state index is 13.2. The van der Waals surface area contributed by atoms with Crippen molar-refractivity contribution < 1.29 is 9.53 Å². The molecule has 2 atom stereocenters. The van der Waals surface area contributed by atoms with Gasteiger partial charge in [-0.3, -0.25) is 4.79 Å². The Labute approximate surface area is 148 Å². The van der Waals surface area contributed by atoms with E-state index in [1.54, 1.807) is 0 Å². The van der Waals surface area contributed by atoms with Crippen LogP contribution in [0.1, 0.15) is 46.1 Å². The van der Waals surface area contributed by atoms with E-state index in [0.29, 0.717) is 6.54 Å². The molecule has 1 saturated heterocycles. The lowest BCUT2D eigenvalue weighted by Crippen LogP contribution is -2.46. The van der Waals surface area contributed by atoms with E-state index < -0.39 is 0 Å². The quantitative estimate of drug-likeness (QED) is 0.919. The van der Waals surface area contributed by atoms with Crippen LogP contribution in [-0.4, -0.2) is 30.1 Å². The summed E-state index contributed by atoms with van der Waals surface area (Å²) < 4.78 is 5.81. The Morgan fingerprint density at radius 1 is 1.20 bits per heavy atom. The summed E-state index contributed by atoms with van der Waals surface area (Å²) in [6.45, 7) is 5.61. The first-order chi connectivity index (χ1) is 12.1. The van der Waals surface area contributed by atoms with Gasteiger partial charge in [-0.05, 0) is 49.9 Å². The van der Waals surface area contributed by atoms with Gasteiger partial charge in [0.15, 0.2) is 0 Å². The minimum atomic E-state index is -0.161. The van der Waals surface area contributed by atoms with E-state index in [9.17, 15) is 4.79 Å². The fraction of sp³-hybridized carbons (Fsp3) is 0.381. The van der Waals surface area contributed by atoms with Gasteiger partial charge in [0.25, 0.3) is 5.91 Å². The van der Waals surface area contributed by atoms with Crippen molar-refractivity contribution in [1.82, 2.24) is 4.90 Å². The summed E-state index contributed by atoms with van der Waals surface area (Å²) in [5.41, 5.74) is 5.18. The molecule has 2 heterocycles. The van der Waals surface area contributed by atoms with Gasteiger partial charge in [-0.1, -0.05) is 35.9 Å². The molecule has 0 aliphatic carbocycles. The number of carbonyl (C=O) groups is 1. The van der Waals surface area contributed by atoms with Crippen molar-refractivity contribution in [3.63, 3.8) is 0 Å². The van der Waals surface area contributed by atoms with Gasteiger partial charge in [-0.2, -0.15) is 0 Å². The molecule has 1 fully saturated rings. The molecule has 2 aromatic rings. The molecule has 4 rings (SSSR count). The predicted molar refractivity (Wildman–Crippen MR) is 98.7 cm³/mol. The molecule has 1 N–H and O–H groups in total. The molecule has 1 amide bonds. The number of anilines is 1. The summed E-state index contributed by atoms with van der Waals surface area (Å²) in [5, 5.41) is 3.59. The Bertz CT molecular complexity index is 796. The zero-order valence-corrected chi connectivity index (χ0v) is 14.8. The Morgan fingerprint density at radius 3 is 2.84 bits per heavy atom. The Balaban J connectivity index is 1.75. The van der Waals surface area contributed by atoms with Gasteiger partial charge in [0.05, 0.1) is 11.7 Å². The van der Waals surface area contributed by atoms with Gasteiger partial charge in [0, 0.05) is 18.8 Å². The SMILES string of the molecule is Cc1ccc(C)c([C@@H]2Nc3ccccc3C(=O)N2C[C@@H]2CCCO2)c1. The van der Waals surface area contributed by atoms with E-state index in [-0.39, 0.29) is 18.2 Å². The number of amides is 1. The molecule has 4 heteroatoms. The molecule has 2 aliphatic heterocycles. The number of para-hydroxylation sites is 1. The predicted octanol–water partition coefficient (Wildman–Crippen LogP) is 4.05. The molecule has 2 aromatic carbocycles. The second-order valence-corrected chi connectivity index (χ2v) is 7.05. The number of hydrogen-bond donors (Lipinski definition) is 1. The van der Waals surface area contributed by atoms with Crippen LogP contribution in [-0.2, 0) is 4.74 Å². The van der Waals surface area contributed by atoms with Gasteiger partial charge in [-0.15, -0.1) is 0 Å². The zero-order valence-electron chi connectivity index (χ0n) is 14.8. The lowest BCUT2D eigenvalue weighted by molar-refractivity contribution is 0.0426. The standard InChI is InChI=1S/C21H24N2O2/c1-14-9-10-15(2)18(12-14)20-22-19-8-4-3-7-17(19)21(24)23(20)13-16-6-5-11-25-16/h3-4,7-10,12,16,20,22H,5-6,11,13H2,1-2H3/t16-,20+/m0/s1. The number of aryl methyl sites for hydroxylation is 2. The highest BCUT2D eigenvalue weighted by atomic mass is 16.5. The van der Waals surface area contributed by atoms with Gasteiger partial charge in [0.1, 0.15) is 6.17 Å². The smallest absolute Gasteiger partial charge is 0.257 e. The van der Waals surface area contributed by atoms with Crippen LogP contribution in [0.15, 0.2) is 42.5 Å². The van der Waals surface area contributed by atoms with Crippen molar-refractivity contribution in [1.29, 1.82) is 0 Å². The Hall–Kier alpha value is -2.33. The number of nitrogens with zero attached hydrogens (tertiary/aromatic N) is 1. The average Bonchev–Trinajstić information content (AvgIpc) is 3.13. The van der Waals surface area contributed by atoms with Crippen molar-refractivity contribution in [2.75, 3.05) is 18.5 Å². The van der Waals surface area contributed by atoms with Gasteiger partial charge in [-0.25, -0.2) is 0 Å². The van der Waals surface area contributed by atoms with Crippen molar-refractivity contribution in [3.8, 4) is 0 Å². The molecule has 0 radical (unpaired) electrons. The molecule has 130 valence electrons. The second-order valence-electron chi connectivity index (χ2n) is 7.05. The first-order valence-corrected chi connectivity index (χ1v) is 8.99. The Kier molecular flexibility index (Phi) is 4.22. The van der Waals surface area contributed by atoms with Crippen molar-refractivity contribution in [3.05, 3.63) is 64.7 Å². The number of benzene rings is 2. The normalized spacial score (nSPS) is 22.6. The summed E-state index contributed by atoms with van der Waals surface area (Å²) in [6, 6.07) is 14.2. The zero-order chi connectivity index (χ0) is 17.4. The van der Waals surface area contributed by atoms with Crippen LogP contribution in [0.3, 0.4) is 0 Å². The first kappa shape index (κ1) is 16.2. The molecule has 0 spiro atoms. The summed E-state index contributed by atoms with van der Waals surface area (Å²) in [4.78, 5) is 15.2. The van der Waals surface area contributed by atoms with E-state index in [1.807, 2.05) is 29.2 Å². The molecule has 0 aromatic heterocycles. The average molecular weight is 336 g/mol. The highest BCUT2D eigenvalue weighted by Gasteiger charge is 2.35. The van der Waals surface area contributed by atoms with E-state index in [0.717, 1.165) is 36.3 Å². The monoisotopic (exact) mass is 336 g/mol. The third kappa shape index (κ3) is 3.02. The fourth-order valence-corrected chi connectivity index (χ4v) is 3.79. The fourth-order valence-electron chi connectivity index (χ4n) is 3.79. The van der Waals surface area contributed by atoms with Gasteiger partial charge >= 0.3 is 0 Å². The van der Waals surface area contributed by atoms with E-state index >= 15 is 0 Å². The van der Waals surface area contributed by atoms with Crippen LogP contribution in [0, 0.1) is 13.8 Å². The third-order valence-corrected chi connectivity index (χ3v) is 5.18. The number of carbonyl (C=O) groups excluding carboxylic acids is 1. The largest absolute Gasteiger partial charge is 0.376 e. The molecule has 0 bridgehead atoms.